The molecule has 14 heavy (non-hydrogen) atoms. The summed E-state index contributed by atoms with van der Waals surface area (Å²) < 4.78 is 0. The number of hydrogen-bond acceptors (Lipinski definition) is 4. The monoisotopic (exact) mass is 212 g/mol. The van der Waals surface area contributed by atoms with Crippen molar-refractivity contribution in [1.29, 1.82) is 0 Å². The van der Waals surface area contributed by atoms with Gasteiger partial charge in [0.2, 0.25) is 0 Å². The molecule has 2 rings (SSSR count). The number of halogens is 1. The first-order valence-corrected chi connectivity index (χ1v) is 5.06. The van der Waals surface area contributed by atoms with Gasteiger partial charge in [-0.3, -0.25) is 0 Å². The zero-order chi connectivity index (χ0) is 10.1. The van der Waals surface area contributed by atoms with Gasteiger partial charge in [-0.05, 0) is 18.3 Å². The maximum absolute atomic E-state index is 5.92. The molecular weight excluding hydrogens is 200 g/mol. The molecule has 1 saturated carbocycles. The lowest BCUT2D eigenvalue weighted by molar-refractivity contribution is 0.784. The lowest BCUT2D eigenvalue weighted by Crippen LogP contribution is -2.07. The molecular formula is C9H13ClN4. The summed E-state index contributed by atoms with van der Waals surface area (Å²) in [6, 6.07) is 0. The Balaban J connectivity index is 1.98. The average molecular weight is 213 g/mol. The Morgan fingerprint density at radius 2 is 2.36 bits per heavy atom. The van der Waals surface area contributed by atoms with E-state index >= 15 is 0 Å². The number of nitrogens with one attached hydrogen (secondary N) is 1. The number of rotatable bonds is 3. The summed E-state index contributed by atoms with van der Waals surface area (Å²) in [5.74, 6) is 2.54. The molecule has 4 nitrogen and oxygen atoms in total. The fourth-order valence-corrected chi connectivity index (χ4v) is 1.58. The van der Waals surface area contributed by atoms with E-state index < -0.39 is 0 Å². The molecule has 0 saturated heterocycles. The van der Waals surface area contributed by atoms with Crippen LogP contribution in [-0.2, 0) is 0 Å². The standard InChI is InChI=1S/C9H13ClN4/c1-5-2-6(5)3-12-9-7(10)8(11)13-4-14-9/h4-6H,2-3H2,1H3,(H3,11,12,13,14). The molecule has 0 radical (unpaired) electrons. The molecule has 1 aromatic rings. The van der Waals surface area contributed by atoms with Crippen molar-refractivity contribution < 1.29 is 0 Å². The van der Waals surface area contributed by atoms with Crippen LogP contribution in [0, 0.1) is 11.8 Å². The van der Waals surface area contributed by atoms with E-state index in [4.69, 9.17) is 17.3 Å². The highest BCUT2D eigenvalue weighted by Crippen LogP contribution is 2.37. The van der Waals surface area contributed by atoms with E-state index in [1.807, 2.05) is 0 Å². The van der Waals surface area contributed by atoms with Crippen LogP contribution in [0.2, 0.25) is 5.02 Å². The van der Waals surface area contributed by atoms with Gasteiger partial charge in [0.1, 0.15) is 23.0 Å². The number of nitrogen functional groups attached to an aromatic ring is 1. The van der Waals surface area contributed by atoms with Crippen molar-refractivity contribution in [3.8, 4) is 0 Å². The molecule has 1 aliphatic carbocycles. The van der Waals surface area contributed by atoms with E-state index in [1.165, 1.54) is 12.7 Å². The maximum atomic E-state index is 5.92. The Hall–Kier alpha value is -1.03. The van der Waals surface area contributed by atoms with Crippen LogP contribution in [0.15, 0.2) is 6.33 Å². The molecule has 3 N–H and O–H groups in total. The quantitative estimate of drug-likeness (QED) is 0.802. The van der Waals surface area contributed by atoms with Gasteiger partial charge in [0, 0.05) is 6.54 Å². The van der Waals surface area contributed by atoms with Gasteiger partial charge in [-0.2, -0.15) is 0 Å². The number of aromatic nitrogens is 2. The fourth-order valence-electron chi connectivity index (χ4n) is 1.42. The molecule has 5 heteroatoms. The summed E-state index contributed by atoms with van der Waals surface area (Å²) in [7, 11) is 0. The molecule has 2 unspecified atom stereocenters. The van der Waals surface area contributed by atoms with Crippen LogP contribution in [-0.4, -0.2) is 16.5 Å². The van der Waals surface area contributed by atoms with Crippen molar-refractivity contribution in [2.75, 3.05) is 17.6 Å². The van der Waals surface area contributed by atoms with Crippen LogP contribution in [0.25, 0.3) is 0 Å². The topological polar surface area (TPSA) is 63.8 Å². The SMILES string of the molecule is CC1CC1CNc1ncnc(N)c1Cl. The minimum atomic E-state index is 0.327. The Morgan fingerprint density at radius 3 is 3.00 bits per heavy atom. The average Bonchev–Trinajstić information content (AvgIpc) is 2.85. The third-order valence-electron chi connectivity index (χ3n) is 2.62. The van der Waals surface area contributed by atoms with E-state index in [1.54, 1.807) is 0 Å². The Kier molecular flexibility index (Phi) is 2.46. The molecule has 76 valence electrons. The minimum absolute atomic E-state index is 0.327. The number of anilines is 2. The van der Waals surface area contributed by atoms with Crippen molar-refractivity contribution in [2.45, 2.75) is 13.3 Å². The van der Waals surface area contributed by atoms with Crippen molar-refractivity contribution in [1.82, 2.24) is 9.97 Å². The Morgan fingerprint density at radius 1 is 1.64 bits per heavy atom. The van der Waals surface area contributed by atoms with Gasteiger partial charge in [-0.1, -0.05) is 18.5 Å². The van der Waals surface area contributed by atoms with Crippen LogP contribution in [0.5, 0.6) is 0 Å². The zero-order valence-corrected chi connectivity index (χ0v) is 8.75. The molecule has 0 aliphatic heterocycles. The molecule has 1 heterocycles. The van der Waals surface area contributed by atoms with E-state index in [2.05, 4.69) is 22.2 Å². The normalized spacial score (nSPS) is 24.7. The first-order chi connectivity index (χ1) is 6.68. The smallest absolute Gasteiger partial charge is 0.150 e. The molecule has 1 aromatic heterocycles. The molecule has 1 aliphatic rings. The van der Waals surface area contributed by atoms with E-state index in [0.29, 0.717) is 16.7 Å². The van der Waals surface area contributed by atoms with Gasteiger partial charge in [0.15, 0.2) is 0 Å². The Bertz CT molecular complexity index is 342. The second kappa shape index (κ2) is 3.61. The van der Waals surface area contributed by atoms with Crippen molar-refractivity contribution in [3.05, 3.63) is 11.3 Å². The van der Waals surface area contributed by atoms with E-state index in [9.17, 15) is 0 Å². The lowest BCUT2D eigenvalue weighted by atomic mass is 10.3. The molecule has 0 spiro atoms. The minimum Gasteiger partial charge on any atom is -0.382 e. The van der Waals surface area contributed by atoms with Crippen molar-refractivity contribution in [2.24, 2.45) is 11.8 Å². The van der Waals surface area contributed by atoms with Gasteiger partial charge in [-0.25, -0.2) is 9.97 Å². The van der Waals surface area contributed by atoms with Crippen molar-refractivity contribution in [3.63, 3.8) is 0 Å². The van der Waals surface area contributed by atoms with Crippen LogP contribution < -0.4 is 11.1 Å². The largest absolute Gasteiger partial charge is 0.382 e. The van der Waals surface area contributed by atoms with Crippen LogP contribution >= 0.6 is 11.6 Å². The summed E-state index contributed by atoms with van der Waals surface area (Å²) in [6.07, 6.45) is 2.70. The summed E-state index contributed by atoms with van der Waals surface area (Å²) in [5, 5.41) is 3.60. The third kappa shape index (κ3) is 1.90. The molecule has 2 atom stereocenters. The Labute approximate surface area is 87.9 Å². The number of nitrogens with two attached hydrogens (primary N) is 1. The van der Waals surface area contributed by atoms with E-state index in [-0.39, 0.29) is 0 Å². The van der Waals surface area contributed by atoms with Gasteiger partial charge in [0.25, 0.3) is 0 Å². The highest BCUT2D eigenvalue weighted by molar-refractivity contribution is 6.35. The van der Waals surface area contributed by atoms with Crippen molar-refractivity contribution >= 4 is 23.2 Å². The number of hydrogen-bond donors (Lipinski definition) is 2. The van der Waals surface area contributed by atoms with Gasteiger partial charge >= 0.3 is 0 Å². The predicted molar refractivity (Wildman–Crippen MR) is 57.2 cm³/mol. The summed E-state index contributed by atoms with van der Waals surface area (Å²) in [6.45, 7) is 3.15. The highest BCUT2D eigenvalue weighted by atomic mass is 35.5. The van der Waals surface area contributed by atoms with Gasteiger partial charge in [0.05, 0.1) is 0 Å². The first-order valence-electron chi connectivity index (χ1n) is 4.68. The van der Waals surface area contributed by atoms with Crippen LogP contribution in [0.1, 0.15) is 13.3 Å². The highest BCUT2D eigenvalue weighted by Gasteiger charge is 2.32. The zero-order valence-electron chi connectivity index (χ0n) is 8.00. The number of nitrogens with zero attached hydrogens (tertiary/aromatic N) is 2. The predicted octanol–water partition coefficient (Wildman–Crippen LogP) is 1.78. The fraction of sp³-hybridized carbons (Fsp3) is 0.556. The summed E-state index contributed by atoms with van der Waals surface area (Å²) >= 11 is 5.92. The molecule has 0 bridgehead atoms. The second-order valence-electron chi connectivity index (χ2n) is 3.78. The molecule has 1 fully saturated rings. The van der Waals surface area contributed by atoms with Gasteiger partial charge in [-0.15, -0.1) is 0 Å². The summed E-state index contributed by atoms with van der Waals surface area (Å²) in [4.78, 5) is 7.82. The first kappa shape index (κ1) is 9.52. The summed E-state index contributed by atoms with van der Waals surface area (Å²) in [5.41, 5.74) is 5.55. The molecule has 0 amide bonds. The third-order valence-corrected chi connectivity index (χ3v) is 3.00. The maximum Gasteiger partial charge on any atom is 0.150 e. The van der Waals surface area contributed by atoms with Crippen LogP contribution in [0.4, 0.5) is 11.6 Å². The molecule has 0 aromatic carbocycles. The van der Waals surface area contributed by atoms with Gasteiger partial charge < -0.3 is 11.1 Å². The van der Waals surface area contributed by atoms with E-state index in [0.717, 1.165) is 18.4 Å². The lowest BCUT2D eigenvalue weighted by Gasteiger charge is -2.06. The van der Waals surface area contributed by atoms with Crippen LogP contribution in [0.3, 0.4) is 0 Å². The second-order valence-corrected chi connectivity index (χ2v) is 4.15.